The van der Waals surface area contributed by atoms with Gasteiger partial charge in [-0.2, -0.15) is 0 Å². The maximum atomic E-state index is 12.3. The van der Waals surface area contributed by atoms with Gasteiger partial charge in [0.25, 0.3) is 0 Å². The van der Waals surface area contributed by atoms with Crippen molar-refractivity contribution < 1.29 is 4.21 Å². The van der Waals surface area contributed by atoms with Crippen LogP contribution in [0.25, 0.3) is 11.0 Å². The van der Waals surface area contributed by atoms with Gasteiger partial charge < -0.3 is 10.7 Å². The molecule has 0 fully saturated rings. The number of nitrogens with zero attached hydrogens (tertiary/aromatic N) is 2. The molecule has 3 aromatic rings. The van der Waals surface area contributed by atoms with Crippen molar-refractivity contribution in [3.8, 4) is 0 Å². The molecule has 0 aliphatic heterocycles. The van der Waals surface area contributed by atoms with Crippen LogP contribution >= 0.6 is 0 Å². The number of fused-ring (bicyclic) bond motifs is 1. The summed E-state index contributed by atoms with van der Waals surface area (Å²) in [7, 11) is -1.27. The number of pyridine rings is 1. The van der Waals surface area contributed by atoms with Gasteiger partial charge in [0.15, 0.2) is 5.16 Å². The van der Waals surface area contributed by atoms with Gasteiger partial charge in [-0.05, 0) is 30.7 Å². The molecule has 0 aliphatic carbocycles. The van der Waals surface area contributed by atoms with E-state index in [2.05, 4.69) is 15.0 Å². The molecule has 5 nitrogen and oxygen atoms in total. The van der Waals surface area contributed by atoms with E-state index in [0.717, 1.165) is 16.6 Å². The zero-order valence-corrected chi connectivity index (χ0v) is 11.8. The second kappa shape index (κ2) is 5.05. The largest absolute Gasteiger partial charge is 0.384 e. The highest BCUT2D eigenvalue weighted by Gasteiger charge is 2.12. The summed E-state index contributed by atoms with van der Waals surface area (Å²) in [6, 6.07) is 11.2. The fraction of sp³-hybridized carbons (Fsp3) is 0.143. The number of hydrogen-bond donors (Lipinski definition) is 2. The number of nitrogens with one attached hydrogen (secondary N) is 1. The quantitative estimate of drug-likeness (QED) is 0.772. The number of nitrogen functional groups attached to an aromatic ring is 1. The minimum Gasteiger partial charge on any atom is -0.384 e. The lowest BCUT2D eigenvalue weighted by Crippen LogP contribution is -2.02. The Bertz CT molecular complexity index is 797. The van der Waals surface area contributed by atoms with Crippen molar-refractivity contribution in [2.75, 3.05) is 5.73 Å². The maximum Gasteiger partial charge on any atom is 0.197 e. The molecule has 0 radical (unpaired) electrons. The van der Waals surface area contributed by atoms with E-state index in [9.17, 15) is 4.21 Å². The van der Waals surface area contributed by atoms with Crippen molar-refractivity contribution >= 4 is 27.7 Å². The van der Waals surface area contributed by atoms with E-state index >= 15 is 0 Å². The standard InChI is InChI=1S/C14H14N4OS/c1-9-4-2-6-11-13(9)18-14(17-11)20(19)8-10-5-3-7-12(15)16-10/h2-7H,8H2,1H3,(H2,15,16)(H,17,18). The number of imidazole rings is 1. The second-order valence-corrected chi connectivity index (χ2v) is 5.92. The van der Waals surface area contributed by atoms with Crippen LogP contribution < -0.4 is 5.73 Å². The summed E-state index contributed by atoms with van der Waals surface area (Å²) < 4.78 is 12.3. The van der Waals surface area contributed by atoms with Crippen LogP contribution in [0.5, 0.6) is 0 Å². The third-order valence-electron chi connectivity index (χ3n) is 3.02. The van der Waals surface area contributed by atoms with Gasteiger partial charge in [0, 0.05) is 0 Å². The van der Waals surface area contributed by atoms with Crippen LogP contribution in [0.3, 0.4) is 0 Å². The van der Waals surface area contributed by atoms with Crippen molar-refractivity contribution in [1.82, 2.24) is 15.0 Å². The lowest BCUT2D eigenvalue weighted by molar-refractivity contribution is 0.677. The lowest BCUT2D eigenvalue weighted by atomic mass is 10.2. The molecule has 3 N–H and O–H groups in total. The van der Waals surface area contributed by atoms with E-state index in [1.807, 2.05) is 31.2 Å². The highest BCUT2D eigenvalue weighted by atomic mass is 32.2. The molecule has 0 saturated carbocycles. The average molecular weight is 286 g/mol. The first kappa shape index (κ1) is 12.8. The van der Waals surface area contributed by atoms with E-state index < -0.39 is 10.8 Å². The highest BCUT2D eigenvalue weighted by Crippen LogP contribution is 2.18. The molecular weight excluding hydrogens is 272 g/mol. The molecule has 1 atom stereocenters. The van der Waals surface area contributed by atoms with E-state index in [-0.39, 0.29) is 0 Å². The number of H-pyrrole nitrogens is 1. The molecule has 0 bridgehead atoms. The van der Waals surface area contributed by atoms with Gasteiger partial charge in [-0.25, -0.2) is 9.97 Å². The topological polar surface area (TPSA) is 84.7 Å². The molecule has 1 unspecified atom stereocenters. The Morgan fingerprint density at radius 2 is 2.00 bits per heavy atom. The molecule has 3 rings (SSSR count). The van der Waals surface area contributed by atoms with E-state index in [0.29, 0.717) is 22.4 Å². The minimum atomic E-state index is -1.27. The molecule has 2 aromatic heterocycles. The molecule has 0 amide bonds. The molecule has 20 heavy (non-hydrogen) atoms. The molecule has 6 heteroatoms. The average Bonchev–Trinajstić information content (AvgIpc) is 2.84. The SMILES string of the molecule is Cc1cccc2[nH]c(S(=O)Cc3cccc(N)n3)nc12. The number of benzene rings is 1. The monoisotopic (exact) mass is 286 g/mol. The number of anilines is 1. The Balaban J connectivity index is 1.91. The smallest absolute Gasteiger partial charge is 0.197 e. The number of aromatic amines is 1. The molecule has 0 aliphatic rings. The van der Waals surface area contributed by atoms with E-state index in [1.165, 1.54) is 0 Å². The summed E-state index contributed by atoms with van der Waals surface area (Å²) in [4.78, 5) is 11.7. The van der Waals surface area contributed by atoms with Crippen molar-refractivity contribution in [2.24, 2.45) is 0 Å². The molecule has 1 aromatic carbocycles. The highest BCUT2D eigenvalue weighted by molar-refractivity contribution is 7.84. The molecule has 2 heterocycles. The fourth-order valence-corrected chi connectivity index (χ4v) is 3.02. The van der Waals surface area contributed by atoms with Crippen LogP contribution in [0.4, 0.5) is 5.82 Å². The number of para-hydroxylation sites is 1. The van der Waals surface area contributed by atoms with Gasteiger partial charge >= 0.3 is 0 Å². The van der Waals surface area contributed by atoms with E-state index in [1.54, 1.807) is 12.1 Å². The summed E-state index contributed by atoms with van der Waals surface area (Å²) >= 11 is 0. The predicted octanol–water partition coefficient (Wildman–Crippen LogP) is 2.16. The van der Waals surface area contributed by atoms with Gasteiger partial charge in [-0.3, -0.25) is 4.21 Å². The molecule has 0 spiro atoms. The Morgan fingerprint density at radius 1 is 1.20 bits per heavy atom. The zero-order valence-electron chi connectivity index (χ0n) is 11.0. The van der Waals surface area contributed by atoms with Crippen LogP contribution in [0.1, 0.15) is 11.3 Å². The third-order valence-corrected chi connectivity index (χ3v) is 4.20. The van der Waals surface area contributed by atoms with Crippen LogP contribution in [0.15, 0.2) is 41.6 Å². The van der Waals surface area contributed by atoms with Gasteiger partial charge in [0.05, 0.1) is 33.3 Å². The Morgan fingerprint density at radius 3 is 2.75 bits per heavy atom. The Hall–Kier alpha value is -2.21. The molecular formula is C14H14N4OS. The van der Waals surface area contributed by atoms with Crippen LogP contribution in [-0.4, -0.2) is 19.2 Å². The maximum absolute atomic E-state index is 12.3. The summed E-state index contributed by atoms with van der Waals surface area (Å²) in [5.74, 6) is 0.726. The van der Waals surface area contributed by atoms with E-state index in [4.69, 9.17) is 5.73 Å². The van der Waals surface area contributed by atoms with Crippen LogP contribution in [0, 0.1) is 6.92 Å². The number of rotatable bonds is 3. The number of nitrogens with two attached hydrogens (primary N) is 1. The summed E-state index contributed by atoms with van der Waals surface area (Å²) in [6.07, 6.45) is 0. The van der Waals surface area contributed by atoms with Crippen molar-refractivity contribution in [3.05, 3.63) is 47.7 Å². The fourth-order valence-electron chi connectivity index (χ4n) is 2.04. The summed E-state index contributed by atoms with van der Waals surface area (Å²) in [5.41, 5.74) is 9.13. The van der Waals surface area contributed by atoms with Gasteiger partial charge in [-0.1, -0.05) is 18.2 Å². The van der Waals surface area contributed by atoms with Gasteiger partial charge in [0.1, 0.15) is 5.82 Å². The van der Waals surface area contributed by atoms with Crippen LogP contribution in [-0.2, 0) is 16.6 Å². The van der Waals surface area contributed by atoms with Gasteiger partial charge in [-0.15, -0.1) is 0 Å². The van der Waals surface area contributed by atoms with Crippen molar-refractivity contribution in [3.63, 3.8) is 0 Å². The lowest BCUT2D eigenvalue weighted by Gasteiger charge is -1.99. The predicted molar refractivity (Wildman–Crippen MR) is 79.6 cm³/mol. The molecule has 102 valence electrons. The normalized spacial score (nSPS) is 12.7. The first-order valence-corrected chi connectivity index (χ1v) is 7.50. The van der Waals surface area contributed by atoms with Crippen LogP contribution in [0.2, 0.25) is 0 Å². The first-order chi connectivity index (χ1) is 9.63. The van der Waals surface area contributed by atoms with Crippen molar-refractivity contribution in [2.45, 2.75) is 17.8 Å². The van der Waals surface area contributed by atoms with Crippen molar-refractivity contribution in [1.29, 1.82) is 0 Å². The number of aromatic nitrogens is 3. The first-order valence-electron chi connectivity index (χ1n) is 6.18. The molecule has 0 saturated heterocycles. The van der Waals surface area contributed by atoms with Gasteiger partial charge in [0.2, 0.25) is 0 Å². The Labute approximate surface area is 118 Å². The third kappa shape index (κ3) is 2.42. The summed E-state index contributed by atoms with van der Waals surface area (Å²) in [5, 5.41) is 0.471. The minimum absolute atomic E-state index is 0.296. The number of hydrogen-bond acceptors (Lipinski definition) is 4. The Kier molecular flexibility index (Phi) is 3.23. The summed E-state index contributed by atoms with van der Waals surface area (Å²) in [6.45, 7) is 1.98. The number of aryl methyl sites for hydroxylation is 1. The zero-order chi connectivity index (χ0) is 14.1. The second-order valence-electron chi connectivity index (χ2n) is 4.56.